The van der Waals surface area contributed by atoms with Gasteiger partial charge < -0.3 is 10.3 Å². The van der Waals surface area contributed by atoms with E-state index in [1.54, 1.807) is 11.6 Å². The van der Waals surface area contributed by atoms with Crippen molar-refractivity contribution in [1.82, 2.24) is 18.7 Å². The normalized spacial score (nSPS) is 11.7. The van der Waals surface area contributed by atoms with E-state index in [4.69, 9.17) is 5.73 Å². The average molecular weight is 251 g/mol. The monoisotopic (exact) mass is 251 g/mol. The molecule has 0 unspecified atom stereocenters. The highest BCUT2D eigenvalue weighted by molar-refractivity contribution is 5.71. The molecule has 98 valence electrons. The largest absolute Gasteiger partial charge is 0.332 e. The van der Waals surface area contributed by atoms with E-state index in [-0.39, 0.29) is 23.8 Å². The van der Waals surface area contributed by atoms with E-state index in [1.807, 2.05) is 13.8 Å². The Morgan fingerprint density at radius 1 is 1.22 bits per heavy atom. The van der Waals surface area contributed by atoms with Crippen molar-refractivity contribution in [3.8, 4) is 0 Å². The summed E-state index contributed by atoms with van der Waals surface area (Å²) in [5.74, 6) is 0.585. The van der Waals surface area contributed by atoms with Crippen molar-refractivity contribution in [1.29, 1.82) is 0 Å². The van der Waals surface area contributed by atoms with E-state index in [0.29, 0.717) is 17.0 Å². The number of aryl methyl sites for hydroxylation is 1. The third-order valence-electron chi connectivity index (χ3n) is 3.10. The highest BCUT2D eigenvalue weighted by Gasteiger charge is 2.19. The van der Waals surface area contributed by atoms with Crippen LogP contribution in [-0.2, 0) is 20.6 Å². The number of hydrogen-bond acceptors (Lipinski definition) is 4. The van der Waals surface area contributed by atoms with Gasteiger partial charge in [-0.1, -0.05) is 0 Å². The molecule has 0 aliphatic rings. The number of fused-ring (bicyclic) bond motifs is 1. The number of nitrogens with zero attached hydrogens (tertiary/aromatic N) is 4. The SMILES string of the molecule is CC(C)n1c(=O)n(C)c(=O)c2c1nc(CN)n2C. The molecule has 0 saturated carbocycles. The zero-order chi connectivity index (χ0) is 13.6. The van der Waals surface area contributed by atoms with E-state index in [2.05, 4.69) is 4.98 Å². The maximum Gasteiger partial charge on any atom is 0.332 e. The minimum atomic E-state index is -0.357. The lowest BCUT2D eigenvalue weighted by Gasteiger charge is -2.11. The molecule has 0 aliphatic carbocycles. The molecule has 2 aromatic heterocycles. The first kappa shape index (κ1) is 12.6. The van der Waals surface area contributed by atoms with Crippen LogP contribution < -0.4 is 17.0 Å². The van der Waals surface area contributed by atoms with Gasteiger partial charge in [-0.15, -0.1) is 0 Å². The molecular formula is C11H17N5O2. The van der Waals surface area contributed by atoms with Crippen molar-refractivity contribution in [2.24, 2.45) is 19.8 Å². The molecule has 0 radical (unpaired) electrons. The van der Waals surface area contributed by atoms with E-state index in [9.17, 15) is 9.59 Å². The Kier molecular flexibility index (Phi) is 2.86. The van der Waals surface area contributed by atoms with Crippen molar-refractivity contribution in [2.45, 2.75) is 26.4 Å². The fourth-order valence-electron chi connectivity index (χ4n) is 2.08. The Labute approximate surface area is 103 Å². The van der Waals surface area contributed by atoms with Crippen molar-refractivity contribution in [3.05, 3.63) is 26.7 Å². The molecule has 0 amide bonds. The van der Waals surface area contributed by atoms with Crippen LogP contribution in [0.3, 0.4) is 0 Å². The van der Waals surface area contributed by atoms with Crippen molar-refractivity contribution in [2.75, 3.05) is 0 Å². The Hall–Kier alpha value is -1.89. The molecule has 0 fully saturated rings. The standard InChI is InChI=1S/C11H17N5O2/c1-6(2)16-9-8(10(17)15(4)11(16)18)14(3)7(5-12)13-9/h6H,5,12H2,1-4H3. The van der Waals surface area contributed by atoms with Gasteiger partial charge in [0.25, 0.3) is 5.56 Å². The minimum Gasteiger partial charge on any atom is -0.324 e. The lowest BCUT2D eigenvalue weighted by Crippen LogP contribution is -2.39. The fourth-order valence-corrected chi connectivity index (χ4v) is 2.08. The van der Waals surface area contributed by atoms with Gasteiger partial charge in [0.2, 0.25) is 0 Å². The molecule has 0 bridgehead atoms. The van der Waals surface area contributed by atoms with E-state index >= 15 is 0 Å². The first-order valence-electron chi connectivity index (χ1n) is 5.77. The van der Waals surface area contributed by atoms with Crippen LogP contribution in [0.4, 0.5) is 0 Å². The maximum atomic E-state index is 12.1. The number of nitrogens with two attached hydrogens (primary N) is 1. The average Bonchev–Trinajstić information content (AvgIpc) is 2.63. The highest BCUT2D eigenvalue weighted by Crippen LogP contribution is 2.12. The summed E-state index contributed by atoms with van der Waals surface area (Å²) in [5.41, 5.74) is 5.70. The summed E-state index contributed by atoms with van der Waals surface area (Å²) in [4.78, 5) is 28.5. The molecule has 0 spiro atoms. The van der Waals surface area contributed by atoms with Crippen LogP contribution in [-0.4, -0.2) is 18.7 Å². The molecule has 0 atom stereocenters. The summed E-state index contributed by atoms with van der Waals surface area (Å²) >= 11 is 0. The van der Waals surface area contributed by atoms with Gasteiger partial charge in [-0.2, -0.15) is 0 Å². The second-order valence-electron chi connectivity index (χ2n) is 4.57. The lowest BCUT2D eigenvalue weighted by atomic mass is 10.3. The smallest absolute Gasteiger partial charge is 0.324 e. The molecule has 7 nitrogen and oxygen atoms in total. The Morgan fingerprint density at radius 3 is 2.33 bits per heavy atom. The molecule has 2 heterocycles. The topological polar surface area (TPSA) is 87.8 Å². The summed E-state index contributed by atoms with van der Waals surface area (Å²) in [5, 5.41) is 0. The summed E-state index contributed by atoms with van der Waals surface area (Å²) in [6.07, 6.45) is 0. The van der Waals surface area contributed by atoms with Crippen LogP contribution in [0, 0.1) is 0 Å². The van der Waals surface area contributed by atoms with Gasteiger partial charge in [0, 0.05) is 20.1 Å². The lowest BCUT2D eigenvalue weighted by molar-refractivity contribution is 0.551. The zero-order valence-electron chi connectivity index (χ0n) is 11.0. The van der Waals surface area contributed by atoms with Crippen molar-refractivity contribution >= 4 is 11.2 Å². The Bertz CT molecular complexity index is 720. The van der Waals surface area contributed by atoms with Gasteiger partial charge in [0.05, 0.1) is 6.54 Å². The number of aromatic nitrogens is 4. The number of imidazole rings is 1. The second-order valence-corrected chi connectivity index (χ2v) is 4.57. The maximum absolute atomic E-state index is 12.1. The first-order valence-corrected chi connectivity index (χ1v) is 5.77. The third-order valence-corrected chi connectivity index (χ3v) is 3.10. The van der Waals surface area contributed by atoms with Crippen molar-refractivity contribution < 1.29 is 0 Å². The predicted octanol–water partition coefficient (Wildman–Crippen LogP) is -0.527. The quantitative estimate of drug-likeness (QED) is 0.777. The molecule has 2 aromatic rings. The molecule has 2 N–H and O–H groups in total. The third kappa shape index (κ3) is 1.51. The van der Waals surface area contributed by atoms with Crippen LogP contribution in [0.15, 0.2) is 9.59 Å². The van der Waals surface area contributed by atoms with Gasteiger partial charge in [0.15, 0.2) is 11.2 Å². The molecule has 0 aromatic carbocycles. The summed E-state index contributed by atoms with van der Waals surface area (Å²) in [6, 6.07) is -0.0766. The molecule has 2 rings (SSSR count). The fraction of sp³-hybridized carbons (Fsp3) is 0.545. The predicted molar refractivity (Wildman–Crippen MR) is 68.5 cm³/mol. The van der Waals surface area contributed by atoms with Gasteiger partial charge in [-0.3, -0.25) is 13.9 Å². The van der Waals surface area contributed by atoms with Crippen LogP contribution >= 0.6 is 0 Å². The summed E-state index contributed by atoms with van der Waals surface area (Å²) in [7, 11) is 3.20. The highest BCUT2D eigenvalue weighted by atomic mass is 16.2. The van der Waals surface area contributed by atoms with Crippen LogP contribution in [0.1, 0.15) is 25.7 Å². The van der Waals surface area contributed by atoms with E-state index in [0.717, 1.165) is 4.57 Å². The van der Waals surface area contributed by atoms with Gasteiger partial charge in [-0.05, 0) is 13.8 Å². The first-order chi connectivity index (χ1) is 8.40. The van der Waals surface area contributed by atoms with Gasteiger partial charge in [0.1, 0.15) is 5.82 Å². The Morgan fingerprint density at radius 2 is 1.83 bits per heavy atom. The van der Waals surface area contributed by atoms with Gasteiger partial charge >= 0.3 is 5.69 Å². The molecular weight excluding hydrogens is 234 g/mol. The number of hydrogen-bond donors (Lipinski definition) is 1. The molecule has 7 heteroatoms. The van der Waals surface area contributed by atoms with Gasteiger partial charge in [-0.25, -0.2) is 9.78 Å². The Balaban J connectivity index is 3.10. The van der Waals surface area contributed by atoms with E-state index < -0.39 is 0 Å². The van der Waals surface area contributed by atoms with Crippen molar-refractivity contribution in [3.63, 3.8) is 0 Å². The minimum absolute atomic E-state index is 0.0766. The van der Waals surface area contributed by atoms with E-state index in [1.165, 1.54) is 11.6 Å². The molecule has 0 saturated heterocycles. The number of rotatable bonds is 2. The summed E-state index contributed by atoms with van der Waals surface area (Å²) in [6.45, 7) is 3.98. The van der Waals surface area contributed by atoms with Crippen LogP contribution in [0.2, 0.25) is 0 Å². The second kappa shape index (κ2) is 4.09. The molecule has 18 heavy (non-hydrogen) atoms. The zero-order valence-corrected chi connectivity index (χ0v) is 11.0. The van der Waals surface area contributed by atoms with Crippen LogP contribution in [0.5, 0.6) is 0 Å². The molecule has 0 aliphatic heterocycles. The van der Waals surface area contributed by atoms with Crippen LogP contribution in [0.25, 0.3) is 11.2 Å². The summed E-state index contributed by atoms with van der Waals surface area (Å²) < 4.78 is 4.26.